The van der Waals surface area contributed by atoms with Crippen LogP contribution in [-0.4, -0.2) is 13.1 Å². The standard InChI is InChI=1S/C22H18O2/c1-24-21(23)22(17-10-3-2-4-11-17)15-16-9-5-6-12-18(16)19-13-7-8-14-20(19)22/h2-14H,15H2,1H3/t22-/m0/s1. The van der Waals surface area contributed by atoms with E-state index in [4.69, 9.17) is 4.74 Å². The Bertz CT molecular complexity index is 899. The average molecular weight is 314 g/mol. The first-order chi connectivity index (χ1) is 11.8. The first-order valence-electron chi connectivity index (χ1n) is 8.09. The van der Waals surface area contributed by atoms with E-state index in [9.17, 15) is 4.79 Å². The molecular weight excluding hydrogens is 296 g/mol. The van der Waals surface area contributed by atoms with Gasteiger partial charge in [-0.05, 0) is 34.2 Å². The lowest BCUT2D eigenvalue weighted by molar-refractivity contribution is -0.145. The quantitative estimate of drug-likeness (QED) is 0.657. The van der Waals surface area contributed by atoms with Crippen LogP contribution in [0.3, 0.4) is 0 Å². The average Bonchev–Trinajstić information content (AvgIpc) is 2.67. The monoisotopic (exact) mass is 314 g/mol. The van der Waals surface area contributed by atoms with Crippen molar-refractivity contribution in [2.75, 3.05) is 7.11 Å². The molecule has 0 heterocycles. The van der Waals surface area contributed by atoms with Gasteiger partial charge in [0.25, 0.3) is 0 Å². The van der Waals surface area contributed by atoms with Crippen molar-refractivity contribution >= 4 is 5.97 Å². The van der Waals surface area contributed by atoms with E-state index in [1.807, 2.05) is 54.6 Å². The molecule has 118 valence electrons. The van der Waals surface area contributed by atoms with Crippen LogP contribution < -0.4 is 0 Å². The summed E-state index contributed by atoms with van der Waals surface area (Å²) in [7, 11) is 1.47. The SMILES string of the molecule is COC(=O)[C@]1(c2ccccc2)Cc2ccccc2-c2ccccc21. The fourth-order valence-electron chi connectivity index (χ4n) is 3.86. The van der Waals surface area contributed by atoms with Gasteiger partial charge < -0.3 is 4.74 Å². The van der Waals surface area contributed by atoms with Crippen LogP contribution >= 0.6 is 0 Å². The number of ether oxygens (including phenoxy) is 1. The summed E-state index contributed by atoms with van der Waals surface area (Å²) in [4.78, 5) is 13.0. The Labute approximate surface area is 141 Å². The lowest BCUT2D eigenvalue weighted by Crippen LogP contribution is -2.42. The molecule has 3 aromatic rings. The summed E-state index contributed by atoms with van der Waals surface area (Å²) in [6, 6.07) is 26.4. The molecular formula is C22H18O2. The molecule has 0 fully saturated rings. The highest BCUT2D eigenvalue weighted by Gasteiger charge is 2.47. The number of benzene rings is 3. The second-order valence-electron chi connectivity index (χ2n) is 6.14. The third-order valence-electron chi connectivity index (χ3n) is 4.95. The molecule has 0 unspecified atom stereocenters. The number of fused-ring (bicyclic) bond motifs is 3. The number of esters is 1. The van der Waals surface area contributed by atoms with Gasteiger partial charge in [-0.1, -0.05) is 78.9 Å². The summed E-state index contributed by atoms with van der Waals surface area (Å²) < 4.78 is 5.28. The molecule has 1 aliphatic rings. The van der Waals surface area contributed by atoms with E-state index in [1.54, 1.807) is 0 Å². The molecule has 3 aromatic carbocycles. The van der Waals surface area contributed by atoms with E-state index in [2.05, 4.69) is 24.3 Å². The number of carbonyl (C=O) groups excluding carboxylic acids is 1. The van der Waals surface area contributed by atoms with Crippen LogP contribution in [0, 0.1) is 0 Å². The van der Waals surface area contributed by atoms with E-state index in [-0.39, 0.29) is 5.97 Å². The van der Waals surface area contributed by atoms with Gasteiger partial charge in [0.05, 0.1) is 7.11 Å². The highest BCUT2D eigenvalue weighted by Crippen LogP contribution is 2.47. The van der Waals surface area contributed by atoms with Gasteiger partial charge in [-0.15, -0.1) is 0 Å². The van der Waals surface area contributed by atoms with Gasteiger partial charge in [0, 0.05) is 0 Å². The Morgan fingerprint density at radius 3 is 2.21 bits per heavy atom. The number of hydrogen-bond donors (Lipinski definition) is 0. The number of hydrogen-bond acceptors (Lipinski definition) is 2. The normalized spacial score (nSPS) is 18.4. The topological polar surface area (TPSA) is 26.3 Å². The minimum absolute atomic E-state index is 0.212. The maximum atomic E-state index is 13.0. The summed E-state index contributed by atoms with van der Waals surface area (Å²) >= 11 is 0. The van der Waals surface area contributed by atoms with Gasteiger partial charge in [-0.2, -0.15) is 0 Å². The molecule has 0 saturated carbocycles. The highest BCUT2D eigenvalue weighted by molar-refractivity contribution is 5.94. The molecule has 2 nitrogen and oxygen atoms in total. The van der Waals surface area contributed by atoms with Gasteiger partial charge >= 0.3 is 5.97 Å². The zero-order valence-electron chi connectivity index (χ0n) is 13.5. The third-order valence-corrected chi connectivity index (χ3v) is 4.95. The van der Waals surface area contributed by atoms with Crippen LogP contribution in [0.25, 0.3) is 11.1 Å². The maximum absolute atomic E-state index is 13.0. The minimum atomic E-state index is -0.805. The zero-order chi connectivity index (χ0) is 16.6. The lowest BCUT2D eigenvalue weighted by atomic mass is 9.64. The van der Waals surface area contributed by atoms with Crippen molar-refractivity contribution in [2.24, 2.45) is 0 Å². The molecule has 1 atom stereocenters. The Morgan fingerprint density at radius 1 is 0.833 bits per heavy atom. The summed E-state index contributed by atoms with van der Waals surface area (Å²) in [6.07, 6.45) is 0.608. The number of methoxy groups -OCH3 is 1. The molecule has 1 aliphatic carbocycles. The highest BCUT2D eigenvalue weighted by atomic mass is 16.5. The fraction of sp³-hybridized carbons (Fsp3) is 0.136. The molecule has 0 radical (unpaired) electrons. The van der Waals surface area contributed by atoms with E-state index in [0.29, 0.717) is 6.42 Å². The van der Waals surface area contributed by atoms with Crippen molar-refractivity contribution in [2.45, 2.75) is 11.8 Å². The molecule has 0 spiro atoms. The molecule has 2 heteroatoms. The first-order valence-corrected chi connectivity index (χ1v) is 8.09. The van der Waals surface area contributed by atoms with E-state index in [1.165, 1.54) is 18.2 Å². The van der Waals surface area contributed by atoms with Crippen LogP contribution in [0.4, 0.5) is 0 Å². The van der Waals surface area contributed by atoms with Crippen molar-refractivity contribution in [3.05, 3.63) is 95.6 Å². The fourth-order valence-corrected chi connectivity index (χ4v) is 3.86. The summed E-state index contributed by atoms with van der Waals surface area (Å²) in [6.45, 7) is 0. The van der Waals surface area contributed by atoms with Gasteiger partial charge in [0.2, 0.25) is 0 Å². The summed E-state index contributed by atoms with van der Waals surface area (Å²) in [5, 5.41) is 0. The molecule has 0 amide bonds. The Hall–Kier alpha value is -2.87. The predicted octanol–water partition coefficient (Wildman–Crippen LogP) is 4.37. The second-order valence-corrected chi connectivity index (χ2v) is 6.14. The second kappa shape index (κ2) is 5.64. The molecule has 24 heavy (non-hydrogen) atoms. The maximum Gasteiger partial charge on any atom is 0.321 e. The Kier molecular flexibility index (Phi) is 3.46. The van der Waals surface area contributed by atoms with Gasteiger partial charge in [-0.3, -0.25) is 4.79 Å². The van der Waals surface area contributed by atoms with Gasteiger partial charge in [0.15, 0.2) is 0 Å². The molecule has 0 aromatic heterocycles. The van der Waals surface area contributed by atoms with Crippen molar-refractivity contribution in [3.8, 4) is 11.1 Å². The van der Waals surface area contributed by atoms with E-state index < -0.39 is 5.41 Å². The van der Waals surface area contributed by atoms with Crippen LogP contribution in [0.2, 0.25) is 0 Å². The molecule has 0 N–H and O–H groups in total. The molecule has 4 rings (SSSR count). The van der Waals surface area contributed by atoms with Crippen LogP contribution in [0.5, 0.6) is 0 Å². The number of rotatable bonds is 2. The molecule has 0 aliphatic heterocycles. The van der Waals surface area contributed by atoms with Crippen LogP contribution in [0.1, 0.15) is 16.7 Å². The lowest BCUT2D eigenvalue weighted by Gasteiger charge is -2.38. The summed E-state index contributed by atoms with van der Waals surface area (Å²) in [5.74, 6) is -0.212. The van der Waals surface area contributed by atoms with Crippen molar-refractivity contribution in [1.29, 1.82) is 0 Å². The smallest absolute Gasteiger partial charge is 0.321 e. The van der Waals surface area contributed by atoms with E-state index in [0.717, 1.165) is 16.7 Å². The minimum Gasteiger partial charge on any atom is -0.468 e. The van der Waals surface area contributed by atoms with E-state index >= 15 is 0 Å². The Morgan fingerprint density at radius 2 is 1.46 bits per heavy atom. The van der Waals surface area contributed by atoms with Crippen molar-refractivity contribution < 1.29 is 9.53 Å². The largest absolute Gasteiger partial charge is 0.468 e. The van der Waals surface area contributed by atoms with Gasteiger partial charge in [0.1, 0.15) is 5.41 Å². The Balaban J connectivity index is 2.07. The van der Waals surface area contributed by atoms with Crippen LogP contribution in [-0.2, 0) is 21.4 Å². The number of carbonyl (C=O) groups is 1. The van der Waals surface area contributed by atoms with Crippen LogP contribution in [0.15, 0.2) is 78.9 Å². The third kappa shape index (κ3) is 2.00. The zero-order valence-corrected chi connectivity index (χ0v) is 13.5. The predicted molar refractivity (Wildman–Crippen MR) is 94.8 cm³/mol. The van der Waals surface area contributed by atoms with Crippen molar-refractivity contribution in [3.63, 3.8) is 0 Å². The van der Waals surface area contributed by atoms with Crippen molar-refractivity contribution in [1.82, 2.24) is 0 Å². The first kappa shape index (κ1) is 14.7. The summed E-state index contributed by atoms with van der Waals surface area (Å²) in [5.41, 5.74) is 4.66. The molecule has 0 saturated heterocycles. The molecule has 0 bridgehead atoms. The van der Waals surface area contributed by atoms with Gasteiger partial charge in [-0.25, -0.2) is 0 Å².